The highest BCUT2D eigenvalue weighted by molar-refractivity contribution is 5.01. The molecule has 0 aliphatic carbocycles. The molecule has 1 rings (SSSR count). The van der Waals surface area contributed by atoms with Gasteiger partial charge in [0.25, 0.3) is 0 Å². The quantitative estimate of drug-likeness (QED) is 0.501. The maximum absolute atomic E-state index is 12.3. The Hall–Kier alpha value is -1.07. The lowest BCUT2D eigenvalue weighted by atomic mass is 10.3. The molecule has 0 saturated heterocycles. The molecule has 1 aromatic heterocycles. The zero-order valence-electron chi connectivity index (χ0n) is 7.33. The van der Waals surface area contributed by atoms with Gasteiger partial charge in [0.1, 0.15) is 0 Å². The van der Waals surface area contributed by atoms with E-state index in [2.05, 4.69) is 15.3 Å². The number of rotatable bonds is 5. The van der Waals surface area contributed by atoms with Crippen molar-refractivity contribution in [3.8, 4) is 0 Å². The van der Waals surface area contributed by atoms with E-state index in [4.69, 9.17) is 5.73 Å². The van der Waals surface area contributed by atoms with Gasteiger partial charge >= 0.3 is 6.08 Å². The van der Waals surface area contributed by atoms with Crippen LogP contribution in [-0.4, -0.2) is 23.1 Å². The summed E-state index contributed by atoms with van der Waals surface area (Å²) in [5.41, 5.74) is 6.19. The number of halogens is 1. The Balaban J connectivity index is 2.25. The fraction of sp³-hybridized carbons (Fsp3) is 0.500. The molecule has 0 saturated carbocycles. The molecule has 0 fully saturated rings. The van der Waals surface area contributed by atoms with Crippen molar-refractivity contribution < 1.29 is 4.39 Å². The lowest BCUT2D eigenvalue weighted by Gasteiger charge is -2.02. The third-order valence-electron chi connectivity index (χ3n) is 1.56. The van der Waals surface area contributed by atoms with Crippen molar-refractivity contribution in [1.82, 2.24) is 15.3 Å². The molecule has 3 N–H and O–H groups in total. The lowest BCUT2D eigenvalue weighted by Crippen LogP contribution is -2.18. The second-order valence-corrected chi connectivity index (χ2v) is 2.68. The van der Waals surface area contributed by atoms with E-state index >= 15 is 0 Å². The predicted molar refractivity (Wildman–Crippen MR) is 47.4 cm³/mol. The molecule has 0 atom stereocenters. The van der Waals surface area contributed by atoms with Crippen molar-refractivity contribution in [3.05, 3.63) is 24.0 Å². The summed E-state index contributed by atoms with van der Waals surface area (Å²) >= 11 is 0. The van der Waals surface area contributed by atoms with Crippen LogP contribution in [-0.2, 0) is 6.54 Å². The van der Waals surface area contributed by atoms with E-state index in [1.54, 1.807) is 0 Å². The van der Waals surface area contributed by atoms with E-state index in [0.717, 1.165) is 18.5 Å². The van der Waals surface area contributed by atoms with Gasteiger partial charge in [-0.3, -0.25) is 0 Å². The minimum Gasteiger partial charge on any atom is -0.330 e. The highest BCUT2D eigenvalue weighted by Crippen LogP contribution is 1.93. The monoisotopic (exact) mass is 184 g/mol. The van der Waals surface area contributed by atoms with Gasteiger partial charge in [0.05, 0.1) is 0 Å². The molecule has 0 bridgehead atoms. The first-order valence-electron chi connectivity index (χ1n) is 4.20. The van der Waals surface area contributed by atoms with Crippen LogP contribution in [0.5, 0.6) is 0 Å². The average molecular weight is 184 g/mol. The van der Waals surface area contributed by atoms with Crippen LogP contribution < -0.4 is 11.1 Å². The maximum atomic E-state index is 12.3. The topological polar surface area (TPSA) is 63.8 Å². The third kappa shape index (κ3) is 3.91. The normalized spacial score (nSPS) is 10.3. The van der Waals surface area contributed by atoms with Gasteiger partial charge in [0.15, 0.2) is 0 Å². The first-order valence-corrected chi connectivity index (χ1v) is 4.20. The smallest absolute Gasteiger partial charge is 0.308 e. The van der Waals surface area contributed by atoms with Crippen molar-refractivity contribution in [2.24, 2.45) is 5.73 Å². The molecule has 72 valence electrons. The Bertz CT molecular complexity index is 236. The highest BCUT2D eigenvalue weighted by Gasteiger charge is 1.94. The minimum atomic E-state index is -0.689. The summed E-state index contributed by atoms with van der Waals surface area (Å²) in [6, 6.07) is 0. The number of nitrogens with one attached hydrogen (secondary N) is 1. The number of nitrogens with two attached hydrogens (primary N) is 1. The van der Waals surface area contributed by atoms with Crippen molar-refractivity contribution in [3.63, 3.8) is 0 Å². The molecule has 13 heavy (non-hydrogen) atoms. The average Bonchev–Trinajstić information content (AvgIpc) is 2.15. The van der Waals surface area contributed by atoms with Crippen LogP contribution in [0.2, 0.25) is 0 Å². The summed E-state index contributed by atoms with van der Waals surface area (Å²) in [4.78, 5) is 6.87. The van der Waals surface area contributed by atoms with Crippen molar-refractivity contribution in [2.75, 3.05) is 13.1 Å². The van der Waals surface area contributed by atoms with Gasteiger partial charge in [-0.15, -0.1) is 0 Å². The van der Waals surface area contributed by atoms with Gasteiger partial charge in [0, 0.05) is 24.5 Å². The fourth-order valence-electron chi connectivity index (χ4n) is 0.890. The first kappa shape index (κ1) is 10.0. The lowest BCUT2D eigenvalue weighted by molar-refractivity contribution is 0.534. The van der Waals surface area contributed by atoms with E-state index in [9.17, 15) is 4.39 Å². The molecule has 1 aromatic rings. The van der Waals surface area contributed by atoms with Crippen LogP contribution in [0.4, 0.5) is 4.39 Å². The number of aromatic nitrogens is 2. The Morgan fingerprint density at radius 3 is 2.69 bits per heavy atom. The van der Waals surface area contributed by atoms with E-state index in [1.165, 1.54) is 12.4 Å². The number of hydrogen-bond acceptors (Lipinski definition) is 4. The van der Waals surface area contributed by atoms with E-state index in [-0.39, 0.29) is 0 Å². The summed E-state index contributed by atoms with van der Waals surface area (Å²) in [6.07, 6.45) is 3.18. The van der Waals surface area contributed by atoms with Gasteiger partial charge in [0.2, 0.25) is 0 Å². The minimum absolute atomic E-state index is 0.653. The predicted octanol–water partition coefficient (Wildman–Crippen LogP) is 0.0541. The molecule has 0 unspecified atom stereocenters. The second-order valence-electron chi connectivity index (χ2n) is 2.68. The zero-order valence-corrected chi connectivity index (χ0v) is 7.33. The molecule has 5 heteroatoms. The summed E-state index contributed by atoms with van der Waals surface area (Å²) in [7, 11) is 0. The largest absolute Gasteiger partial charge is 0.330 e. The molecule has 0 aliphatic rings. The molecule has 0 aromatic carbocycles. The second kappa shape index (κ2) is 5.55. The summed E-state index contributed by atoms with van der Waals surface area (Å²) in [5, 5.41) is 3.14. The van der Waals surface area contributed by atoms with E-state index < -0.39 is 6.08 Å². The van der Waals surface area contributed by atoms with E-state index in [1.807, 2.05) is 0 Å². The maximum Gasteiger partial charge on any atom is 0.308 e. The first-order chi connectivity index (χ1) is 6.33. The third-order valence-corrected chi connectivity index (χ3v) is 1.56. The highest BCUT2D eigenvalue weighted by atomic mass is 19.1. The molecule has 0 spiro atoms. The molecule has 4 nitrogen and oxygen atoms in total. The summed E-state index contributed by atoms with van der Waals surface area (Å²) < 4.78 is 12.3. The van der Waals surface area contributed by atoms with Crippen LogP contribution in [0.15, 0.2) is 12.4 Å². The van der Waals surface area contributed by atoms with Crippen molar-refractivity contribution in [2.45, 2.75) is 13.0 Å². The Labute approximate surface area is 76.4 Å². The molecule has 1 heterocycles. The Kier molecular flexibility index (Phi) is 4.28. The molecule has 0 aliphatic heterocycles. The molecule has 0 radical (unpaired) electrons. The Morgan fingerprint density at radius 1 is 1.38 bits per heavy atom. The fourth-order valence-corrected chi connectivity index (χ4v) is 0.890. The number of hydrogen-bond donors (Lipinski definition) is 2. The summed E-state index contributed by atoms with van der Waals surface area (Å²) in [5.74, 6) is 0. The van der Waals surface area contributed by atoms with Crippen LogP contribution in [0.3, 0.4) is 0 Å². The standard InChI is InChI=1S/C8H13FN4/c9-8-12-5-7(6-13-8)4-11-3-1-2-10/h5-6,11H,1-4,10H2. The Morgan fingerprint density at radius 2 is 2.08 bits per heavy atom. The van der Waals surface area contributed by atoms with Gasteiger partial charge < -0.3 is 11.1 Å². The molecular formula is C8H13FN4. The van der Waals surface area contributed by atoms with Crippen LogP contribution in [0, 0.1) is 6.08 Å². The van der Waals surface area contributed by atoms with Crippen LogP contribution in [0.25, 0.3) is 0 Å². The van der Waals surface area contributed by atoms with Crippen LogP contribution in [0.1, 0.15) is 12.0 Å². The zero-order chi connectivity index (χ0) is 9.52. The molecular weight excluding hydrogens is 171 g/mol. The van der Waals surface area contributed by atoms with Gasteiger partial charge in [-0.2, -0.15) is 4.39 Å². The van der Waals surface area contributed by atoms with E-state index in [0.29, 0.717) is 13.1 Å². The van der Waals surface area contributed by atoms with Gasteiger partial charge in [-0.05, 0) is 19.5 Å². The molecule has 0 amide bonds. The van der Waals surface area contributed by atoms with Gasteiger partial charge in [-0.25, -0.2) is 9.97 Å². The number of nitrogens with zero attached hydrogens (tertiary/aromatic N) is 2. The van der Waals surface area contributed by atoms with Crippen molar-refractivity contribution in [1.29, 1.82) is 0 Å². The SMILES string of the molecule is NCCCNCc1cnc(F)nc1. The summed E-state index contributed by atoms with van der Waals surface area (Å²) in [6.45, 7) is 2.18. The van der Waals surface area contributed by atoms with Crippen LogP contribution >= 0.6 is 0 Å². The van der Waals surface area contributed by atoms with Crippen molar-refractivity contribution >= 4 is 0 Å². The van der Waals surface area contributed by atoms with Gasteiger partial charge in [-0.1, -0.05) is 0 Å².